The first-order valence-electron chi connectivity index (χ1n) is 13.2. The first kappa shape index (κ1) is 28.4. The second-order valence-corrected chi connectivity index (χ2v) is 10.3. The predicted molar refractivity (Wildman–Crippen MR) is 150 cm³/mol. The van der Waals surface area contributed by atoms with Crippen molar-refractivity contribution in [3.63, 3.8) is 0 Å². The summed E-state index contributed by atoms with van der Waals surface area (Å²) in [4.78, 5) is 14.8. The molecule has 0 saturated carbocycles. The van der Waals surface area contributed by atoms with Gasteiger partial charge in [-0.15, -0.1) is 5.53 Å². The number of amides is 1. The molecule has 0 radical (unpaired) electrons. The zero-order chi connectivity index (χ0) is 29.5. The number of halogens is 4. The number of aryl methyl sites for hydroxylation is 2. The van der Waals surface area contributed by atoms with E-state index >= 15 is 4.39 Å². The third-order valence-electron chi connectivity index (χ3n) is 7.69. The standard InChI is InChI=1S/C28H32F4N8O/c1-16-5-6-18(11-24(16)40-15-23(36-37-40)21-14-34-38(4)17(21)2)27(41)35-20-12-22(28(30,31)32)26(29)25(13-20)39-9-7-19(33-3)8-10-39/h5-6,11-15,19,33,36-37H,7-10H2,1-4H3,(H,35,41). The summed E-state index contributed by atoms with van der Waals surface area (Å²) < 4.78 is 58.2. The SMILES string of the molecule is CNC1CCN(c2cc(NC(=O)c3ccc(C)c(N4C=C(c5cnn(C)c5C)NN4)c3)cc(C(F)(F)F)c2F)CC1. The molecule has 1 amide bonds. The van der Waals surface area contributed by atoms with Gasteiger partial charge in [0.15, 0.2) is 5.82 Å². The number of nitrogens with zero attached hydrogens (tertiary/aromatic N) is 4. The molecular formula is C28H32F4N8O. The zero-order valence-corrected chi connectivity index (χ0v) is 23.2. The molecule has 3 aromatic rings. The van der Waals surface area contributed by atoms with Crippen LogP contribution < -0.4 is 31.5 Å². The van der Waals surface area contributed by atoms with Crippen molar-refractivity contribution in [2.45, 2.75) is 38.9 Å². The van der Waals surface area contributed by atoms with Crippen LogP contribution in [0.5, 0.6) is 0 Å². The number of nitrogens with one attached hydrogen (secondary N) is 4. The van der Waals surface area contributed by atoms with Crippen molar-refractivity contribution in [2.75, 3.05) is 35.4 Å². The van der Waals surface area contributed by atoms with Gasteiger partial charge in [0.05, 0.1) is 28.8 Å². The van der Waals surface area contributed by atoms with Crippen LogP contribution in [-0.4, -0.2) is 41.9 Å². The molecule has 0 atom stereocenters. The van der Waals surface area contributed by atoms with E-state index in [1.54, 1.807) is 39.0 Å². The lowest BCUT2D eigenvalue weighted by Gasteiger charge is -2.34. The van der Waals surface area contributed by atoms with Gasteiger partial charge in [-0.3, -0.25) is 14.5 Å². The van der Waals surface area contributed by atoms with Gasteiger partial charge >= 0.3 is 6.18 Å². The Kier molecular flexibility index (Phi) is 7.66. The van der Waals surface area contributed by atoms with E-state index in [4.69, 9.17) is 0 Å². The van der Waals surface area contributed by atoms with E-state index in [1.165, 1.54) is 6.07 Å². The molecule has 9 nitrogen and oxygen atoms in total. The van der Waals surface area contributed by atoms with E-state index in [0.29, 0.717) is 37.7 Å². The second-order valence-electron chi connectivity index (χ2n) is 10.3. The molecule has 4 N–H and O–H groups in total. The number of carbonyl (C=O) groups excluding carboxylic acids is 1. The summed E-state index contributed by atoms with van der Waals surface area (Å²) in [6, 6.07) is 7.10. The predicted octanol–water partition coefficient (Wildman–Crippen LogP) is 4.46. The van der Waals surface area contributed by atoms with Gasteiger partial charge in [0.25, 0.3) is 5.91 Å². The molecule has 1 saturated heterocycles. The normalized spacial score (nSPS) is 16.1. The van der Waals surface area contributed by atoms with E-state index in [-0.39, 0.29) is 23.0 Å². The number of hydrogen-bond acceptors (Lipinski definition) is 7. The molecule has 2 aliphatic rings. The van der Waals surface area contributed by atoms with Gasteiger partial charge in [-0.25, -0.2) is 4.39 Å². The molecule has 2 aromatic carbocycles. The molecule has 3 heterocycles. The second kappa shape index (κ2) is 11.1. The monoisotopic (exact) mass is 572 g/mol. The number of hydrogen-bond donors (Lipinski definition) is 4. The largest absolute Gasteiger partial charge is 0.419 e. The van der Waals surface area contributed by atoms with Gasteiger partial charge in [0.2, 0.25) is 0 Å². The number of aromatic nitrogens is 2. The van der Waals surface area contributed by atoms with Crippen molar-refractivity contribution in [2.24, 2.45) is 7.05 Å². The fourth-order valence-corrected chi connectivity index (χ4v) is 5.08. The maximum Gasteiger partial charge on any atom is 0.419 e. The molecule has 218 valence electrons. The Bertz CT molecular complexity index is 1490. The van der Waals surface area contributed by atoms with E-state index in [9.17, 15) is 18.0 Å². The Morgan fingerprint density at radius 3 is 2.46 bits per heavy atom. The first-order valence-corrected chi connectivity index (χ1v) is 13.2. The lowest BCUT2D eigenvalue weighted by Crippen LogP contribution is -2.41. The molecular weight excluding hydrogens is 540 g/mol. The van der Waals surface area contributed by atoms with Crippen LogP contribution in [0.2, 0.25) is 0 Å². The Hall–Kier alpha value is -4.10. The molecule has 1 fully saturated rings. The van der Waals surface area contributed by atoms with Crippen LogP contribution in [0.3, 0.4) is 0 Å². The summed E-state index contributed by atoms with van der Waals surface area (Å²) in [6.45, 7) is 4.60. The Morgan fingerprint density at radius 2 is 1.83 bits per heavy atom. The van der Waals surface area contributed by atoms with Gasteiger partial charge in [-0.05, 0) is 63.6 Å². The van der Waals surface area contributed by atoms with Crippen LogP contribution in [0, 0.1) is 19.7 Å². The molecule has 5 rings (SSSR count). The van der Waals surface area contributed by atoms with Gasteiger partial charge in [0, 0.05) is 54.9 Å². The number of alkyl halides is 3. The van der Waals surface area contributed by atoms with Gasteiger partial charge in [-0.2, -0.15) is 18.3 Å². The average Bonchev–Trinajstić information content (AvgIpc) is 3.55. The van der Waals surface area contributed by atoms with Crippen LogP contribution in [0.25, 0.3) is 5.70 Å². The quantitative estimate of drug-likeness (QED) is 0.325. The number of rotatable bonds is 6. The third-order valence-corrected chi connectivity index (χ3v) is 7.69. The average molecular weight is 573 g/mol. The van der Waals surface area contributed by atoms with E-state index in [1.807, 2.05) is 34.1 Å². The minimum absolute atomic E-state index is 0.133. The molecule has 41 heavy (non-hydrogen) atoms. The Morgan fingerprint density at radius 1 is 1.10 bits per heavy atom. The van der Waals surface area contributed by atoms with Crippen LogP contribution in [0.15, 0.2) is 42.7 Å². The summed E-state index contributed by atoms with van der Waals surface area (Å²) in [5.41, 5.74) is 8.78. The number of piperidine rings is 1. The molecule has 1 aromatic heterocycles. The summed E-state index contributed by atoms with van der Waals surface area (Å²) in [5, 5.41) is 11.7. The summed E-state index contributed by atoms with van der Waals surface area (Å²) in [7, 11) is 3.67. The summed E-state index contributed by atoms with van der Waals surface area (Å²) in [5.74, 6) is -1.96. The van der Waals surface area contributed by atoms with E-state index in [0.717, 1.165) is 22.5 Å². The number of benzene rings is 2. The topological polar surface area (TPSA) is 89.5 Å². The maximum absolute atomic E-state index is 15.1. The van der Waals surface area contributed by atoms with Crippen molar-refractivity contribution >= 4 is 28.7 Å². The van der Waals surface area contributed by atoms with Gasteiger partial charge in [0.1, 0.15) is 0 Å². The highest BCUT2D eigenvalue weighted by molar-refractivity contribution is 6.05. The fourth-order valence-electron chi connectivity index (χ4n) is 5.08. The molecule has 0 spiro atoms. The molecule has 0 aliphatic carbocycles. The molecule has 0 unspecified atom stereocenters. The highest BCUT2D eigenvalue weighted by Crippen LogP contribution is 2.38. The zero-order valence-electron chi connectivity index (χ0n) is 23.2. The lowest BCUT2D eigenvalue weighted by atomic mass is 10.0. The number of hydrazine groups is 2. The minimum Gasteiger partial charge on any atom is -0.369 e. The van der Waals surface area contributed by atoms with Crippen molar-refractivity contribution in [3.8, 4) is 0 Å². The molecule has 13 heteroatoms. The highest BCUT2D eigenvalue weighted by Gasteiger charge is 2.37. The van der Waals surface area contributed by atoms with Crippen LogP contribution in [0.1, 0.15) is 45.6 Å². The third kappa shape index (κ3) is 5.72. The van der Waals surface area contributed by atoms with Crippen molar-refractivity contribution < 1.29 is 22.4 Å². The minimum atomic E-state index is -4.93. The summed E-state index contributed by atoms with van der Waals surface area (Å²) in [6.07, 6.45) is -0.0326. The molecule has 0 bridgehead atoms. The van der Waals surface area contributed by atoms with Gasteiger partial charge < -0.3 is 21.0 Å². The lowest BCUT2D eigenvalue weighted by molar-refractivity contribution is -0.139. The number of carbonyl (C=O) groups is 1. The maximum atomic E-state index is 15.1. The Balaban J connectivity index is 1.41. The van der Waals surface area contributed by atoms with Crippen LogP contribution >= 0.6 is 0 Å². The summed E-state index contributed by atoms with van der Waals surface area (Å²) >= 11 is 0. The van der Waals surface area contributed by atoms with Gasteiger partial charge in [-0.1, -0.05) is 6.07 Å². The van der Waals surface area contributed by atoms with Crippen LogP contribution in [-0.2, 0) is 13.2 Å². The van der Waals surface area contributed by atoms with E-state index in [2.05, 4.69) is 26.7 Å². The van der Waals surface area contributed by atoms with E-state index < -0.39 is 23.5 Å². The molecule has 2 aliphatic heterocycles. The number of anilines is 3. The van der Waals surface area contributed by atoms with Crippen molar-refractivity contribution in [3.05, 3.63) is 76.5 Å². The first-order chi connectivity index (χ1) is 19.5. The van der Waals surface area contributed by atoms with Crippen molar-refractivity contribution in [1.82, 2.24) is 26.1 Å². The fraction of sp³-hybridized carbons (Fsp3) is 0.357. The van der Waals surface area contributed by atoms with Crippen molar-refractivity contribution in [1.29, 1.82) is 0 Å². The highest BCUT2D eigenvalue weighted by atomic mass is 19.4. The van der Waals surface area contributed by atoms with Crippen LogP contribution in [0.4, 0.5) is 34.6 Å². The Labute approximate surface area is 235 Å². The smallest absolute Gasteiger partial charge is 0.369 e.